The summed E-state index contributed by atoms with van der Waals surface area (Å²) >= 11 is 0. The molecule has 0 bridgehead atoms. The number of morpholine rings is 1. The van der Waals surface area contributed by atoms with Gasteiger partial charge in [-0.2, -0.15) is 0 Å². The third-order valence-corrected chi connectivity index (χ3v) is 4.19. The van der Waals surface area contributed by atoms with Crippen LogP contribution in [-0.2, 0) is 4.74 Å². The van der Waals surface area contributed by atoms with E-state index in [1.807, 2.05) is 0 Å². The zero-order chi connectivity index (χ0) is 11.2. The number of hydrogen-bond acceptors (Lipinski definition) is 3. The number of hydrogen-bond donors (Lipinski definition) is 1. The third-order valence-electron chi connectivity index (χ3n) is 4.19. The van der Waals surface area contributed by atoms with Gasteiger partial charge in [0.25, 0.3) is 0 Å². The van der Waals surface area contributed by atoms with Crippen molar-refractivity contribution in [1.82, 2.24) is 10.2 Å². The molecule has 3 heteroatoms. The smallest absolute Gasteiger partial charge is 0.0594 e. The fourth-order valence-corrected chi connectivity index (χ4v) is 2.86. The summed E-state index contributed by atoms with van der Waals surface area (Å²) in [6.45, 7) is 10.3. The molecule has 2 fully saturated rings. The molecule has 0 radical (unpaired) electrons. The molecule has 3 nitrogen and oxygen atoms in total. The SMILES string of the molecule is CC(CCN1CCOCC1)C1CCNCC1. The monoisotopic (exact) mass is 226 g/mol. The Kier molecular flexibility index (Phi) is 5.07. The van der Waals surface area contributed by atoms with E-state index in [4.69, 9.17) is 4.74 Å². The Morgan fingerprint density at radius 2 is 1.94 bits per heavy atom. The molecule has 0 aliphatic carbocycles. The van der Waals surface area contributed by atoms with Crippen LogP contribution in [0.1, 0.15) is 26.2 Å². The molecule has 16 heavy (non-hydrogen) atoms. The van der Waals surface area contributed by atoms with Crippen LogP contribution in [0, 0.1) is 11.8 Å². The van der Waals surface area contributed by atoms with Crippen LogP contribution in [0.25, 0.3) is 0 Å². The molecule has 1 atom stereocenters. The van der Waals surface area contributed by atoms with Crippen LogP contribution < -0.4 is 5.32 Å². The highest BCUT2D eigenvalue weighted by atomic mass is 16.5. The number of nitrogens with zero attached hydrogens (tertiary/aromatic N) is 1. The maximum Gasteiger partial charge on any atom is 0.0594 e. The molecule has 0 aromatic rings. The van der Waals surface area contributed by atoms with Crippen LogP contribution in [0.15, 0.2) is 0 Å². The Balaban J connectivity index is 1.63. The third kappa shape index (κ3) is 3.72. The zero-order valence-corrected chi connectivity index (χ0v) is 10.6. The first-order valence-electron chi connectivity index (χ1n) is 6.87. The number of ether oxygens (including phenoxy) is 1. The highest BCUT2D eigenvalue weighted by molar-refractivity contribution is 4.74. The number of nitrogens with one attached hydrogen (secondary N) is 1. The first-order valence-corrected chi connectivity index (χ1v) is 6.87. The molecular formula is C13H26N2O. The van der Waals surface area contributed by atoms with Crippen molar-refractivity contribution in [2.75, 3.05) is 45.9 Å². The number of piperidine rings is 1. The molecular weight excluding hydrogens is 200 g/mol. The number of rotatable bonds is 4. The summed E-state index contributed by atoms with van der Waals surface area (Å²) in [7, 11) is 0. The van der Waals surface area contributed by atoms with E-state index in [2.05, 4.69) is 17.1 Å². The van der Waals surface area contributed by atoms with Gasteiger partial charge in [0.1, 0.15) is 0 Å². The van der Waals surface area contributed by atoms with Crippen molar-refractivity contribution in [3.8, 4) is 0 Å². The maximum atomic E-state index is 5.37. The lowest BCUT2D eigenvalue weighted by atomic mass is 9.84. The Bertz CT molecular complexity index is 186. The van der Waals surface area contributed by atoms with Gasteiger partial charge in [-0.15, -0.1) is 0 Å². The van der Waals surface area contributed by atoms with Crippen molar-refractivity contribution in [2.24, 2.45) is 11.8 Å². The van der Waals surface area contributed by atoms with Crippen LogP contribution in [0.2, 0.25) is 0 Å². The first-order chi connectivity index (χ1) is 7.86. The predicted octanol–water partition coefficient (Wildman–Crippen LogP) is 1.34. The van der Waals surface area contributed by atoms with E-state index in [1.54, 1.807) is 0 Å². The molecule has 0 aromatic carbocycles. The van der Waals surface area contributed by atoms with Crippen LogP contribution in [0.4, 0.5) is 0 Å². The molecule has 2 rings (SSSR count). The van der Waals surface area contributed by atoms with E-state index in [9.17, 15) is 0 Å². The van der Waals surface area contributed by atoms with E-state index in [0.717, 1.165) is 38.1 Å². The minimum atomic E-state index is 0.893. The van der Waals surface area contributed by atoms with E-state index >= 15 is 0 Å². The van der Waals surface area contributed by atoms with Crippen molar-refractivity contribution in [1.29, 1.82) is 0 Å². The zero-order valence-electron chi connectivity index (χ0n) is 10.6. The summed E-state index contributed by atoms with van der Waals surface area (Å²) in [6, 6.07) is 0. The van der Waals surface area contributed by atoms with Gasteiger partial charge in [0, 0.05) is 13.1 Å². The van der Waals surface area contributed by atoms with Crippen molar-refractivity contribution >= 4 is 0 Å². The van der Waals surface area contributed by atoms with Crippen molar-refractivity contribution in [2.45, 2.75) is 26.2 Å². The molecule has 0 saturated carbocycles. The molecule has 0 aromatic heterocycles. The minimum absolute atomic E-state index is 0.893. The lowest BCUT2D eigenvalue weighted by molar-refractivity contribution is 0.0340. The van der Waals surface area contributed by atoms with Gasteiger partial charge in [-0.1, -0.05) is 6.92 Å². The Labute approximate surface area is 99.5 Å². The lowest BCUT2D eigenvalue weighted by Crippen LogP contribution is -2.38. The van der Waals surface area contributed by atoms with Crippen molar-refractivity contribution in [3.63, 3.8) is 0 Å². The van der Waals surface area contributed by atoms with Gasteiger partial charge in [0.05, 0.1) is 13.2 Å². The van der Waals surface area contributed by atoms with Crippen molar-refractivity contribution in [3.05, 3.63) is 0 Å². The summed E-state index contributed by atoms with van der Waals surface area (Å²) in [5, 5.41) is 3.45. The molecule has 2 heterocycles. The second-order valence-electron chi connectivity index (χ2n) is 5.31. The van der Waals surface area contributed by atoms with Gasteiger partial charge < -0.3 is 10.1 Å². The van der Waals surface area contributed by atoms with E-state index in [0.29, 0.717) is 0 Å². The summed E-state index contributed by atoms with van der Waals surface area (Å²) in [6.07, 6.45) is 4.12. The molecule has 0 amide bonds. The molecule has 2 aliphatic heterocycles. The quantitative estimate of drug-likeness (QED) is 0.783. The standard InChI is InChI=1S/C13H26N2O/c1-12(13-2-5-14-6-3-13)4-7-15-8-10-16-11-9-15/h12-14H,2-11H2,1H3. The molecule has 2 saturated heterocycles. The molecule has 2 aliphatic rings. The average Bonchev–Trinajstić information content (AvgIpc) is 2.38. The molecule has 0 spiro atoms. The normalized spacial score (nSPS) is 26.8. The van der Waals surface area contributed by atoms with E-state index < -0.39 is 0 Å². The van der Waals surface area contributed by atoms with Gasteiger partial charge in [-0.25, -0.2) is 0 Å². The Hall–Kier alpha value is -0.120. The van der Waals surface area contributed by atoms with Crippen LogP contribution >= 0.6 is 0 Å². The Morgan fingerprint density at radius 3 is 2.62 bits per heavy atom. The second-order valence-corrected chi connectivity index (χ2v) is 5.31. The van der Waals surface area contributed by atoms with Gasteiger partial charge in [-0.05, 0) is 50.7 Å². The van der Waals surface area contributed by atoms with Crippen LogP contribution in [-0.4, -0.2) is 50.8 Å². The fraction of sp³-hybridized carbons (Fsp3) is 1.00. The summed E-state index contributed by atoms with van der Waals surface area (Å²) in [5.74, 6) is 1.85. The lowest BCUT2D eigenvalue weighted by Gasteiger charge is -2.31. The fourth-order valence-electron chi connectivity index (χ4n) is 2.86. The van der Waals surface area contributed by atoms with Gasteiger partial charge in [0.15, 0.2) is 0 Å². The topological polar surface area (TPSA) is 24.5 Å². The van der Waals surface area contributed by atoms with Crippen molar-refractivity contribution < 1.29 is 4.74 Å². The summed E-state index contributed by atoms with van der Waals surface area (Å²) < 4.78 is 5.37. The average molecular weight is 226 g/mol. The predicted molar refractivity (Wildman–Crippen MR) is 66.6 cm³/mol. The second kappa shape index (κ2) is 6.58. The summed E-state index contributed by atoms with van der Waals surface area (Å²) in [5.41, 5.74) is 0. The molecule has 1 N–H and O–H groups in total. The molecule has 94 valence electrons. The maximum absolute atomic E-state index is 5.37. The first kappa shape index (κ1) is 12.3. The van der Waals surface area contributed by atoms with Crippen LogP contribution in [0.3, 0.4) is 0 Å². The van der Waals surface area contributed by atoms with Gasteiger partial charge in [-0.3, -0.25) is 4.90 Å². The largest absolute Gasteiger partial charge is 0.379 e. The molecule has 1 unspecified atom stereocenters. The highest BCUT2D eigenvalue weighted by Crippen LogP contribution is 2.24. The summed E-state index contributed by atoms with van der Waals surface area (Å²) in [4.78, 5) is 2.56. The van der Waals surface area contributed by atoms with Gasteiger partial charge in [0.2, 0.25) is 0 Å². The van der Waals surface area contributed by atoms with E-state index in [-0.39, 0.29) is 0 Å². The van der Waals surface area contributed by atoms with Crippen LogP contribution in [0.5, 0.6) is 0 Å². The van der Waals surface area contributed by atoms with E-state index in [1.165, 1.54) is 38.9 Å². The highest BCUT2D eigenvalue weighted by Gasteiger charge is 2.20. The van der Waals surface area contributed by atoms with Gasteiger partial charge >= 0.3 is 0 Å². The minimum Gasteiger partial charge on any atom is -0.379 e. The Morgan fingerprint density at radius 1 is 1.25 bits per heavy atom.